The van der Waals surface area contributed by atoms with E-state index in [1.54, 1.807) is 58.0 Å². The molecule has 0 radical (unpaired) electrons. The highest BCUT2D eigenvalue weighted by atomic mass is 79.9. The van der Waals surface area contributed by atoms with Gasteiger partial charge in [0.05, 0.1) is 41.2 Å². The molecular weight excluding hydrogens is 648 g/mol. The van der Waals surface area contributed by atoms with Crippen LogP contribution in [0.5, 0.6) is 5.75 Å². The van der Waals surface area contributed by atoms with E-state index in [-0.39, 0.29) is 29.8 Å². The van der Waals surface area contributed by atoms with E-state index in [4.69, 9.17) is 18.6 Å². The van der Waals surface area contributed by atoms with Gasteiger partial charge < -0.3 is 18.6 Å². The Morgan fingerprint density at radius 2 is 1.89 bits per heavy atom. The predicted octanol–water partition coefficient (Wildman–Crippen LogP) is 5.70. The molecule has 3 heterocycles. The molecule has 44 heavy (non-hydrogen) atoms. The Morgan fingerprint density at radius 3 is 2.57 bits per heavy atom. The van der Waals surface area contributed by atoms with Gasteiger partial charge in [-0.2, -0.15) is 0 Å². The lowest BCUT2D eigenvalue weighted by molar-refractivity contribution is -0.139. The summed E-state index contributed by atoms with van der Waals surface area (Å²) in [7, 11) is 1.54. The fourth-order valence-corrected chi connectivity index (χ4v) is 6.46. The second-order valence-electron chi connectivity index (χ2n) is 10.4. The minimum absolute atomic E-state index is 0.174. The third-order valence-electron chi connectivity index (χ3n) is 6.97. The molecule has 0 saturated heterocycles. The van der Waals surface area contributed by atoms with Gasteiger partial charge in [-0.15, -0.1) is 0 Å². The van der Waals surface area contributed by atoms with E-state index < -0.39 is 12.0 Å². The van der Waals surface area contributed by atoms with Crippen LogP contribution >= 0.6 is 27.3 Å². The number of hydrogen-bond donors (Lipinski definition) is 0. The topological polar surface area (TPSA) is 109 Å². The molecule has 228 valence electrons. The van der Waals surface area contributed by atoms with Gasteiger partial charge in [-0.1, -0.05) is 33.3 Å². The SMILES string of the molecule is CCOC(=O)C1=C(C)N=c2s/c(=C\c3ccc(-c4ccc(C(=O)OC(C)C)cc4C)o3)c(=O)n2[C@@H]1c1cc(Br)ccc1OC. The minimum Gasteiger partial charge on any atom is -0.496 e. The van der Waals surface area contributed by atoms with Gasteiger partial charge in [0, 0.05) is 21.7 Å². The van der Waals surface area contributed by atoms with Gasteiger partial charge in [-0.3, -0.25) is 9.36 Å². The highest BCUT2D eigenvalue weighted by Gasteiger charge is 2.35. The van der Waals surface area contributed by atoms with Gasteiger partial charge in [-0.25, -0.2) is 14.6 Å². The number of rotatable bonds is 8. The van der Waals surface area contributed by atoms with E-state index in [1.807, 2.05) is 31.2 Å². The quantitative estimate of drug-likeness (QED) is 0.220. The molecule has 0 fully saturated rings. The van der Waals surface area contributed by atoms with Crippen molar-refractivity contribution >= 4 is 45.3 Å². The number of allylic oxidation sites excluding steroid dienone is 1. The zero-order valence-corrected chi connectivity index (χ0v) is 27.5. The maximum Gasteiger partial charge on any atom is 0.338 e. The summed E-state index contributed by atoms with van der Waals surface area (Å²) in [6.07, 6.45) is 1.45. The van der Waals surface area contributed by atoms with Gasteiger partial charge >= 0.3 is 11.9 Å². The molecule has 0 aliphatic carbocycles. The van der Waals surface area contributed by atoms with Crippen LogP contribution in [0, 0.1) is 6.92 Å². The van der Waals surface area contributed by atoms with Crippen LogP contribution in [0.3, 0.4) is 0 Å². The number of fused-ring (bicyclic) bond motifs is 1. The molecule has 0 amide bonds. The summed E-state index contributed by atoms with van der Waals surface area (Å²) in [5, 5.41) is 0. The Labute approximate surface area is 266 Å². The van der Waals surface area contributed by atoms with Crippen LogP contribution in [0.25, 0.3) is 17.4 Å². The first-order valence-electron chi connectivity index (χ1n) is 14.0. The van der Waals surface area contributed by atoms with Crippen LogP contribution < -0.4 is 19.6 Å². The van der Waals surface area contributed by atoms with Crippen LogP contribution in [0.1, 0.15) is 61.0 Å². The Kier molecular flexibility index (Phi) is 9.07. The van der Waals surface area contributed by atoms with Crippen molar-refractivity contribution < 1.29 is 28.2 Å². The monoisotopic (exact) mass is 678 g/mol. The van der Waals surface area contributed by atoms with E-state index in [0.717, 1.165) is 15.6 Å². The van der Waals surface area contributed by atoms with Gasteiger partial charge in [0.1, 0.15) is 23.3 Å². The molecular formula is C33H31BrN2O7S. The normalized spacial score (nSPS) is 14.8. The largest absolute Gasteiger partial charge is 0.496 e. The summed E-state index contributed by atoms with van der Waals surface area (Å²) >= 11 is 4.71. The van der Waals surface area contributed by atoms with Gasteiger partial charge in [0.15, 0.2) is 4.80 Å². The van der Waals surface area contributed by atoms with Crippen molar-refractivity contribution in [2.75, 3.05) is 13.7 Å². The molecule has 0 saturated carbocycles. The molecule has 1 atom stereocenters. The fraction of sp³-hybridized carbons (Fsp3) is 0.273. The summed E-state index contributed by atoms with van der Waals surface area (Å²) in [4.78, 5) is 44.6. The Bertz CT molecular complexity index is 1980. The number of benzene rings is 2. The summed E-state index contributed by atoms with van der Waals surface area (Å²) < 4.78 is 25.1. The van der Waals surface area contributed by atoms with Crippen molar-refractivity contribution in [3.63, 3.8) is 0 Å². The molecule has 0 spiro atoms. The van der Waals surface area contributed by atoms with Crippen molar-refractivity contribution in [2.45, 2.75) is 46.8 Å². The van der Waals surface area contributed by atoms with E-state index >= 15 is 0 Å². The number of thiazole rings is 1. The zero-order chi connectivity index (χ0) is 31.7. The lowest BCUT2D eigenvalue weighted by atomic mass is 9.95. The highest BCUT2D eigenvalue weighted by molar-refractivity contribution is 9.10. The first-order valence-corrected chi connectivity index (χ1v) is 15.6. The van der Waals surface area contributed by atoms with Crippen molar-refractivity contribution in [3.8, 4) is 17.1 Å². The standard InChI is InChI=1S/C33H31BrN2O7S/c1-7-41-32(39)28-19(5)35-33-36(29(28)24-15-21(34)9-12-25(24)40-6)30(37)27(44-33)16-22-10-13-26(43-22)23-11-8-20(14-18(23)4)31(38)42-17(2)3/h8-17,29H,7H2,1-6H3/b27-16-/t29-/m1/s1. The number of furan rings is 1. The maximum atomic E-state index is 14.0. The van der Waals surface area contributed by atoms with Crippen LogP contribution in [0.2, 0.25) is 0 Å². The molecule has 5 rings (SSSR count). The zero-order valence-electron chi connectivity index (χ0n) is 25.1. The number of esters is 2. The van der Waals surface area contributed by atoms with Crippen molar-refractivity contribution in [1.29, 1.82) is 0 Å². The average Bonchev–Trinajstić information content (AvgIpc) is 3.55. The van der Waals surface area contributed by atoms with Crippen LogP contribution in [-0.2, 0) is 14.3 Å². The second-order valence-corrected chi connectivity index (χ2v) is 12.3. The number of carbonyl (C=O) groups is 2. The molecule has 11 heteroatoms. The first-order chi connectivity index (χ1) is 21.0. The number of aromatic nitrogens is 1. The van der Waals surface area contributed by atoms with Crippen molar-refractivity contribution in [3.05, 3.63) is 106 Å². The first kappa shape index (κ1) is 31.2. The number of hydrogen-bond acceptors (Lipinski definition) is 9. The number of aryl methyl sites for hydroxylation is 1. The fourth-order valence-electron chi connectivity index (χ4n) is 5.06. The molecule has 1 aliphatic rings. The average molecular weight is 680 g/mol. The van der Waals surface area contributed by atoms with E-state index in [9.17, 15) is 14.4 Å². The summed E-state index contributed by atoms with van der Waals surface area (Å²) in [5.41, 5.74) is 3.11. The van der Waals surface area contributed by atoms with E-state index in [2.05, 4.69) is 20.9 Å². The lowest BCUT2D eigenvalue weighted by Crippen LogP contribution is -2.40. The van der Waals surface area contributed by atoms with E-state index in [0.29, 0.717) is 43.4 Å². The second kappa shape index (κ2) is 12.8. The molecule has 9 nitrogen and oxygen atoms in total. The summed E-state index contributed by atoms with van der Waals surface area (Å²) in [6.45, 7) is 9.13. The van der Waals surface area contributed by atoms with Crippen LogP contribution in [0.4, 0.5) is 0 Å². The molecule has 2 aromatic heterocycles. The molecule has 0 bridgehead atoms. The Morgan fingerprint density at radius 1 is 1.11 bits per heavy atom. The minimum atomic E-state index is -0.824. The third-order valence-corrected chi connectivity index (χ3v) is 8.45. The molecule has 0 N–H and O–H groups in total. The summed E-state index contributed by atoms with van der Waals surface area (Å²) in [6, 6.07) is 13.5. The number of halogens is 1. The van der Waals surface area contributed by atoms with Crippen LogP contribution in [0.15, 0.2) is 78.5 Å². The van der Waals surface area contributed by atoms with Crippen LogP contribution in [-0.4, -0.2) is 36.3 Å². The summed E-state index contributed by atoms with van der Waals surface area (Å²) in [5.74, 6) is 0.627. The molecule has 0 unspecified atom stereocenters. The van der Waals surface area contributed by atoms with Gasteiger partial charge in [-0.05, 0) is 82.6 Å². The number of ether oxygens (including phenoxy) is 3. The number of carbonyl (C=O) groups excluding carboxylic acids is 2. The number of nitrogens with zero attached hydrogens (tertiary/aromatic N) is 2. The van der Waals surface area contributed by atoms with Gasteiger partial charge in [0.2, 0.25) is 0 Å². The third kappa shape index (κ3) is 6.07. The highest BCUT2D eigenvalue weighted by Crippen LogP contribution is 2.37. The number of methoxy groups -OCH3 is 1. The van der Waals surface area contributed by atoms with E-state index in [1.165, 1.54) is 23.0 Å². The Hall–Kier alpha value is -4.22. The predicted molar refractivity (Wildman–Crippen MR) is 171 cm³/mol. The Balaban J connectivity index is 1.58. The smallest absolute Gasteiger partial charge is 0.338 e. The van der Waals surface area contributed by atoms with Crippen molar-refractivity contribution in [1.82, 2.24) is 4.57 Å². The van der Waals surface area contributed by atoms with Crippen molar-refractivity contribution in [2.24, 2.45) is 4.99 Å². The molecule has 1 aliphatic heterocycles. The van der Waals surface area contributed by atoms with Gasteiger partial charge in [0.25, 0.3) is 5.56 Å². The maximum absolute atomic E-state index is 14.0. The molecule has 2 aromatic carbocycles. The molecule has 4 aromatic rings. The lowest BCUT2D eigenvalue weighted by Gasteiger charge is -2.26.